The Morgan fingerprint density at radius 3 is 2.52 bits per heavy atom. The molecular weight excluding hydrogens is 342 g/mol. The number of carbonyl (C=O) groups is 1. The maximum atomic E-state index is 12.9. The minimum absolute atomic E-state index is 0.0265. The molecule has 6 heteroatoms. The van der Waals surface area contributed by atoms with Gasteiger partial charge in [0.05, 0.1) is 13.2 Å². The molecule has 1 fully saturated rings. The predicted molar refractivity (Wildman–Crippen MR) is 106 cm³/mol. The largest absolute Gasteiger partial charge is 0.490 e. The number of piperazine rings is 1. The van der Waals surface area contributed by atoms with E-state index < -0.39 is 0 Å². The molecule has 0 spiro atoms. The van der Waals surface area contributed by atoms with Gasteiger partial charge < -0.3 is 19.3 Å². The third-order valence-electron chi connectivity index (χ3n) is 4.49. The van der Waals surface area contributed by atoms with Crippen molar-refractivity contribution in [2.24, 2.45) is 0 Å². The summed E-state index contributed by atoms with van der Waals surface area (Å²) in [5, 5.41) is 0. The topological polar surface area (TPSA) is 54.9 Å². The highest BCUT2D eigenvalue weighted by Crippen LogP contribution is 2.29. The lowest BCUT2D eigenvalue weighted by atomic mass is 10.1. The minimum Gasteiger partial charge on any atom is -0.490 e. The highest BCUT2D eigenvalue weighted by molar-refractivity contribution is 5.95. The van der Waals surface area contributed by atoms with Crippen LogP contribution in [0.25, 0.3) is 0 Å². The average Bonchev–Trinajstić information content (AvgIpc) is 2.73. The van der Waals surface area contributed by atoms with E-state index in [1.165, 1.54) is 0 Å². The van der Waals surface area contributed by atoms with Gasteiger partial charge in [0, 0.05) is 37.9 Å². The number of amides is 1. The first kappa shape index (κ1) is 19.0. The predicted octanol–water partition coefficient (Wildman–Crippen LogP) is 3.23. The van der Waals surface area contributed by atoms with E-state index in [1.807, 2.05) is 42.2 Å². The normalized spacial score (nSPS) is 14.1. The third-order valence-corrected chi connectivity index (χ3v) is 4.49. The van der Waals surface area contributed by atoms with Crippen molar-refractivity contribution in [1.82, 2.24) is 9.88 Å². The Bertz CT molecular complexity index is 744. The summed E-state index contributed by atoms with van der Waals surface area (Å²) in [4.78, 5) is 21.4. The Morgan fingerprint density at radius 1 is 1.04 bits per heavy atom. The van der Waals surface area contributed by atoms with Crippen LogP contribution in [0.5, 0.6) is 11.5 Å². The number of hydrogen-bond donors (Lipinski definition) is 0. The number of ether oxygens (including phenoxy) is 2. The lowest BCUT2D eigenvalue weighted by Gasteiger charge is -2.35. The monoisotopic (exact) mass is 369 g/mol. The van der Waals surface area contributed by atoms with Crippen LogP contribution in [0.2, 0.25) is 0 Å². The molecule has 0 bridgehead atoms. The van der Waals surface area contributed by atoms with E-state index in [9.17, 15) is 4.79 Å². The molecule has 1 aromatic heterocycles. The molecule has 0 saturated carbocycles. The molecule has 1 aliphatic heterocycles. The number of anilines is 1. The van der Waals surface area contributed by atoms with Gasteiger partial charge in [0.15, 0.2) is 11.5 Å². The van der Waals surface area contributed by atoms with E-state index >= 15 is 0 Å². The number of carbonyl (C=O) groups excluding carboxylic acids is 1. The smallest absolute Gasteiger partial charge is 0.254 e. The first-order valence-corrected chi connectivity index (χ1v) is 9.57. The van der Waals surface area contributed by atoms with Gasteiger partial charge in [-0.3, -0.25) is 4.79 Å². The number of aromatic nitrogens is 1. The van der Waals surface area contributed by atoms with Crippen molar-refractivity contribution in [3.05, 3.63) is 48.2 Å². The molecule has 1 aliphatic rings. The van der Waals surface area contributed by atoms with Crippen molar-refractivity contribution in [3.8, 4) is 11.5 Å². The van der Waals surface area contributed by atoms with E-state index in [2.05, 4.69) is 16.8 Å². The fourth-order valence-electron chi connectivity index (χ4n) is 3.10. The van der Waals surface area contributed by atoms with Gasteiger partial charge in [0.2, 0.25) is 0 Å². The Kier molecular flexibility index (Phi) is 6.52. The van der Waals surface area contributed by atoms with Gasteiger partial charge >= 0.3 is 0 Å². The molecule has 2 heterocycles. The molecule has 0 radical (unpaired) electrons. The quantitative estimate of drug-likeness (QED) is 0.750. The van der Waals surface area contributed by atoms with Crippen molar-refractivity contribution in [1.29, 1.82) is 0 Å². The van der Waals surface area contributed by atoms with Gasteiger partial charge in [-0.15, -0.1) is 0 Å². The Morgan fingerprint density at radius 2 is 1.85 bits per heavy atom. The van der Waals surface area contributed by atoms with Gasteiger partial charge in [0.25, 0.3) is 5.91 Å². The number of nitrogens with zero attached hydrogens (tertiary/aromatic N) is 3. The molecule has 0 atom stereocenters. The number of hydrogen-bond acceptors (Lipinski definition) is 5. The van der Waals surface area contributed by atoms with Crippen LogP contribution in [-0.2, 0) is 0 Å². The molecule has 0 N–H and O–H groups in total. The molecule has 3 rings (SSSR count). The molecule has 2 aromatic rings. The van der Waals surface area contributed by atoms with Crippen LogP contribution in [0, 0.1) is 0 Å². The second-order valence-corrected chi connectivity index (χ2v) is 6.41. The SMILES string of the molecule is CCCOc1ccc(C(=O)N2CCN(c3ccccn3)CC2)cc1OCC. The van der Waals surface area contributed by atoms with Crippen LogP contribution in [0.4, 0.5) is 5.82 Å². The minimum atomic E-state index is 0.0265. The lowest BCUT2D eigenvalue weighted by molar-refractivity contribution is 0.0746. The standard InChI is InChI=1S/C21H27N3O3/c1-3-15-27-18-9-8-17(16-19(18)26-4-2)21(25)24-13-11-23(12-14-24)20-7-5-6-10-22-20/h5-10,16H,3-4,11-15H2,1-2H3. The summed E-state index contributed by atoms with van der Waals surface area (Å²) in [5.74, 6) is 2.30. The maximum Gasteiger partial charge on any atom is 0.254 e. The average molecular weight is 369 g/mol. The fraction of sp³-hybridized carbons (Fsp3) is 0.429. The summed E-state index contributed by atoms with van der Waals surface area (Å²) in [7, 11) is 0. The molecular formula is C21H27N3O3. The molecule has 1 saturated heterocycles. The number of benzene rings is 1. The summed E-state index contributed by atoms with van der Waals surface area (Å²) in [6, 6.07) is 11.3. The van der Waals surface area contributed by atoms with Gasteiger partial charge in [-0.05, 0) is 43.7 Å². The zero-order chi connectivity index (χ0) is 19.1. The zero-order valence-electron chi connectivity index (χ0n) is 16.1. The highest BCUT2D eigenvalue weighted by atomic mass is 16.5. The molecule has 0 aliphatic carbocycles. The van der Waals surface area contributed by atoms with E-state index in [1.54, 1.807) is 12.3 Å². The fourth-order valence-corrected chi connectivity index (χ4v) is 3.10. The van der Waals surface area contributed by atoms with Crippen molar-refractivity contribution in [2.75, 3.05) is 44.3 Å². The van der Waals surface area contributed by atoms with Crippen LogP contribution in [0.15, 0.2) is 42.6 Å². The van der Waals surface area contributed by atoms with E-state index in [-0.39, 0.29) is 5.91 Å². The Hall–Kier alpha value is -2.76. The van der Waals surface area contributed by atoms with Crippen LogP contribution in [0.3, 0.4) is 0 Å². The molecule has 6 nitrogen and oxygen atoms in total. The van der Waals surface area contributed by atoms with Gasteiger partial charge in [-0.1, -0.05) is 13.0 Å². The van der Waals surface area contributed by atoms with Crippen molar-refractivity contribution in [3.63, 3.8) is 0 Å². The Labute approximate surface area is 160 Å². The first-order chi connectivity index (χ1) is 13.2. The molecule has 144 valence electrons. The van der Waals surface area contributed by atoms with Crippen molar-refractivity contribution in [2.45, 2.75) is 20.3 Å². The summed E-state index contributed by atoms with van der Waals surface area (Å²) in [6.45, 7) is 8.04. The first-order valence-electron chi connectivity index (χ1n) is 9.57. The molecule has 27 heavy (non-hydrogen) atoms. The maximum absolute atomic E-state index is 12.9. The summed E-state index contributed by atoms with van der Waals surface area (Å²) >= 11 is 0. The highest BCUT2D eigenvalue weighted by Gasteiger charge is 2.23. The van der Waals surface area contributed by atoms with E-state index in [0.717, 1.165) is 25.3 Å². The van der Waals surface area contributed by atoms with E-state index in [0.29, 0.717) is 43.4 Å². The van der Waals surface area contributed by atoms with Crippen molar-refractivity contribution < 1.29 is 14.3 Å². The molecule has 1 amide bonds. The van der Waals surface area contributed by atoms with Crippen LogP contribution >= 0.6 is 0 Å². The van der Waals surface area contributed by atoms with Crippen LogP contribution in [0.1, 0.15) is 30.6 Å². The van der Waals surface area contributed by atoms with Crippen LogP contribution < -0.4 is 14.4 Å². The van der Waals surface area contributed by atoms with E-state index in [4.69, 9.17) is 9.47 Å². The zero-order valence-corrected chi connectivity index (χ0v) is 16.1. The van der Waals surface area contributed by atoms with Gasteiger partial charge in [-0.2, -0.15) is 0 Å². The number of pyridine rings is 1. The molecule has 1 aromatic carbocycles. The molecule has 0 unspecified atom stereocenters. The third kappa shape index (κ3) is 4.70. The van der Waals surface area contributed by atoms with Crippen molar-refractivity contribution >= 4 is 11.7 Å². The second-order valence-electron chi connectivity index (χ2n) is 6.41. The lowest BCUT2D eigenvalue weighted by Crippen LogP contribution is -2.49. The Balaban J connectivity index is 1.66. The second kappa shape index (κ2) is 9.26. The summed E-state index contributed by atoms with van der Waals surface area (Å²) in [5.41, 5.74) is 0.633. The van der Waals surface area contributed by atoms with Gasteiger partial charge in [-0.25, -0.2) is 4.98 Å². The van der Waals surface area contributed by atoms with Crippen LogP contribution in [-0.4, -0.2) is 55.2 Å². The summed E-state index contributed by atoms with van der Waals surface area (Å²) < 4.78 is 11.4. The number of rotatable bonds is 7. The summed E-state index contributed by atoms with van der Waals surface area (Å²) in [6.07, 6.45) is 2.72. The van der Waals surface area contributed by atoms with Gasteiger partial charge in [0.1, 0.15) is 5.82 Å².